The van der Waals surface area contributed by atoms with Crippen molar-refractivity contribution in [2.24, 2.45) is 0 Å². The Balaban J connectivity index is 1.75. The van der Waals surface area contributed by atoms with Gasteiger partial charge in [0.1, 0.15) is 11.3 Å². The minimum absolute atomic E-state index is 0.0150. The third kappa shape index (κ3) is 2.95. The van der Waals surface area contributed by atoms with Crippen molar-refractivity contribution in [1.29, 1.82) is 0 Å². The molecule has 2 aliphatic heterocycles. The molecule has 0 aromatic carbocycles. The van der Waals surface area contributed by atoms with Crippen molar-refractivity contribution < 1.29 is 18.8 Å². The summed E-state index contributed by atoms with van der Waals surface area (Å²) in [6.07, 6.45) is 2.42. The fraction of sp³-hybridized carbons (Fsp3) is 0.714. The zero-order valence-corrected chi connectivity index (χ0v) is 14.0. The van der Waals surface area contributed by atoms with Gasteiger partial charge < -0.3 is 18.8 Å². The average molecular weight is 327 g/mol. The SMILES string of the molecule is CC1(C)OB(c2cnc(OC3CCOC3)nc2Cl)OC1(C)C. The van der Waals surface area contributed by atoms with Gasteiger partial charge in [0.05, 0.1) is 24.4 Å². The average Bonchev–Trinajstić information content (AvgIpc) is 2.96. The zero-order chi connectivity index (χ0) is 16.0. The molecule has 22 heavy (non-hydrogen) atoms. The summed E-state index contributed by atoms with van der Waals surface area (Å²) < 4.78 is 22.8. The number of nitrogens with zero attached hydrogens (tertiary/aromatic N) is 2. The summed E-state index contributed by atoms with van der Waals surface area (Å²) in [6, 6.07) is 0.251. The van der Waals surface area contributed by atoms with Crippen LogP contribution in [0.1, 0.15) is 34.1 Å². The minimum atomic E-state index is -0.582. The molecule has 120 valence electrons. The Labute approximate surface area is 135 Å². The van der Waals surface area contributed by atoms with Crippen LogP contribution in [0.15, 0.2) is 6.20 Å². The van der Waals surface area contributed by atoms with E-state index in [1.54, 1.807) is 6.20 Å². The molecule has 0 bridgehead atoms. The number of aromatic nitrogens is 2. The third-order valence-electron chi connectivity index (χ3n) is 4.41. The maximum Gasteiger partial charge on any atom is 0.499 e. The zero-order valence-electron chi connectivity index (χ0n) is 13.3. The van der Waals surface area contributed by atoms with Gasteiger partial charge in [0, 0.05) is 18.1 Å². The predicted molar refractivity (Wildman–Crippen MR) is 82.6 cm³/mol. The molecule has 6 nitrogen and oxygen atoms in total. The molecule has 2 fully saturated rings. The lowest BCUT2D eigenvalue weighted by Gasteiger charge is -2.32. The molecule has 0 saturated carbocycles. The van der Waals surface area contributed by atoms with Crippen LogP contribution in [0, 0.1) is 0 Å². The van der Waals surface area contributed by atoms with Crippen molar-refractivity contribution in [3.05, 3.63) is 11.3 Å². The number of halogens is 1. The molecule has 1 unspecified atom stereocenters. The van der Waals surface area contributed by atoms with E-state index in [0.717, 1.165) is 6.42 Å². The van der Waals surface area contributed by atoms with Crippen LogP contribution >= 0.6 is 11.6 Å². The first-order valence-electron chi connectivity index (χ1n) is 7.41. The molecule has 1 aromatic rings. The lowest BCUT2D eigenvalue weighted by molar-refractivity contribution is 0.00578. The lowest BCUT2D eigenvalue weighted by Crippen LogP contribution is -2.41. The van der Waals surface area contributed by atoms with Crippen molar-refractivity contribution in [1.82, 2.24) is 9.97 Å². The van der Waals surface area contributed by atoms with Gasteiger partial charge >= 0.3 is 13.1 Å². The van der Waals surface area contributed by atoms with Crippen LogP contribution in [0.3, 0.4) is 0 Å². The first kappa shape index (κ1) is 16.0. The highest BCUT2D eigenvalue weighted by Crippen LogP contribution is 2.36. The van der Waals surface area contributed by atoms with Crippen LogP contribution in [0.4, 0.5) is 0 Å². The molecule has 0 aliphatic carbocycles. The van der Waals surface area contributed by atoms with E-state index in [9.17, 15) is 0 Å². The Kier molecular flexibility index (Phi) is 4.10. The molecule has 0 spiro atoms. The van der Waals surface area contributed by atoms with Crippen LogP contribution in [-0.4, -0.2) is 47.6 Å². The second kappa shape index (κ2) is 5.63. The summed E-state index contributed by atoms with van der Waals surface area (Å²) in [6.45, 7) is 9.20. The Hall–Kier alpha value is -0.885. The van der Waals surface area contributed by atoms with Crippen LogP contribution < -0.4 is 10.2 Å². The quantitative estimate of drug-likeness (QED) is 0.621. The van der Waals surface area contributed by atoms with Gasteiger partial charge in [0.2, 0.25) is 0 Å². The smallest absolute Gasteiger partial charge is 0.458 e. The summed E-state index contributed by atoms with van der Waals surface area (Å²) in [4.78, 5) is 8.40. The van der Waals surface area contributed by atoms with Crippen molar-refractivity contribution in [2.45, 2.75) is 51.4 Å². The van der Waals surface area contributed by atoms with Crippen molar-refractivity contribution in [3.63, 3.8) is 0 Å². The van der Waals surface area contributed by atoms with E-state index >= 15 is 0 Å². The van der Waals surface area contributed by atoms with E-state index in [1.807, 2.05) is 27.7 Å². The first-order valence-corrected chi connectivity index (χ1v) is 7.79. The number of hydrogen-bond acceptors (Lipinski definition) is 6. The maximum atomic E-state index is 6.26. The van der Waals surface area contributed by atoms with Gasteiger partial charge in [-0.2, -0.15) is 4.98 Å². The fourth-order valence-corrected chi connectivity index (χ4v) is 2.51. The molecule has 0 N–H and O–H groups in total. The monoisotopic (exact) mass is 326 g/mol. The summed E-state index contributed by atoms with van der Waals surface area (Å²) in [7, 11) is -0.582. The normalized spacial score (nSPS) is 26.4. The van der Waals surface area contributed by atoms with E-state index in [2.05, 4.69) is 9.97 Å². The number of ether oxygens (including phenoxy) is 2. The summed E-state index contributed by atoms with van der Waals surface area (Å²) in [5, 5.41) is 0.280. The lowest BCUT2D eigenvalue weighted by atomic mass is 9.81. The van der Waals surface area contributed by atoms with E-state index in [4.69, 9.17) is 30.4 Å². The summed E-state index contributed by atoms with van der Waals surface area (Å²) in [5.74, 6) is 0. The van der Waals surface area contributed by atoms with Crippen molar-refractivity contribution in [3.8, 4) is 6.01 Å². The van der Waals surface area contributed by atoms with Gasteiger partial charge in [-0.1, -0.05) is 11.6 Å². The van der Waals surface area contributed by atoms with Crippen molar-refractivity contribution >= 4 is 24.2 Å². The van der Waals surface area contributed by atoms with Crippen LogP contribution in [0.2, 0.25) is 5.15 Å². The van der Waals surface area contributed by atoms with Crippen LogP contribution in [-0.2, 0) is 14.0 Å². The van der Waals surface area contributed by atoms with Crippen LogP contribution in [0.25, 0.3) is 0 Å². The highest BCUT2D eigenvalue weighted by atomic mass is 35.5. The molecule has 8 heteroatoms. The largest absolute Gasteiger partial charge is 0.499 e. The number of rotatable bonds is 3. The highest BCUT2D eigenvalue weighted by molar-refractivity contribution is 6.65. The third-order valence-corrected chi connectivity index (χ3v) is 4.72. The minimum Gasteiger partial charge on any atom is -0.458 e. The standard InChI is InChI=1S/C14H20BClN2O4/c1-13(2)14(3,4)22-15(21-13)10-7-17-12(18-11(10)16)20-9-5-6-19-8-9/h7,9H,5-6,8H2,1-4H3. The maximum absolute atomic E-state index is 6.26. The molecular weight excluding hydrogens is 306 g/mol. The van der Waals surface area contributed by atoms with E-state index in [-0.39, 0.29) is 17.3 Å². The second-order valence-corrected chi connectivity index (χ2v) is 6.95. The van der Waals surface area contributed by atoms with Gasteiger partial charge in [0.25, 0.3) is 0 Å². The fourth-order valence-electron chi connectivity index (χ4n) is 2.30. The second-order valence-electron chi connectivity index (χ2n) is 6.59. The van der Waals surface area contributed by atoms with Gasteiger partial charge in [-0.05, 0) is 27.7 Å². The summed E-state index contributed by atoms with van der Waals surface area (Å²) in [5.41, 5.74) is -0.260. The van der Waals surface area contributed by atoms with E-state index in [0.29, 0.717) is 18.7 Å². The van der Waals surface area contributed by atoms with Gasteiger partial charge in [-0.25, -0.2) is 4.98 Å². The Morgan fingerprint density at radius 3 is 2.50 bits per heavy atom. The first-order chi connectivity index (χ1) is 10.3. The molecule has 3 rings (SSSR count). The molecular formula is C14H20BClN2O4. The Bertz CT molecular complexity index is 548. The number of hydrogen-bond donors (Lipinski definition) is 0. The molecule has 1 atom stereocenters. The molecule has 1 aromatic heterocycles. The van der Waals surface area contributed by atoms with Gasteiger partial charge in [-0.15, -0.1) is 0 Å². The van der Waals surface area contributed by atoms with E-state index in [1.165, 1.54) is 0 Å². The molecule has 0 radical (unpaired) electrons. The molecule has 3 heterocycles. The highest BCUT2D eigenvalue weighted by Gasteiger charge is 2.52. The molecule has 2 saturated heterocycles. The van der Waals surface area contributed by atoms with Gasteiger partial charge in [-0.3, -0.25) is 0 Å². The Morgan fingerprint density at radius 2 is 1.95 bits per heavy atom. The molecule has 0 amide bonds. The predicted octanol–water partition coefficient (Wildman–Crippen LogP) is 1.60. The molecule has 2 aliphatic rings. The topological polar surface area (TPSA) is 62.7 Å². The van der Waals surface area contributed by atoms with E-state index < -0.39 is 18.3 Å². The Morgan fingerprint density at radius 1 is 1.27 bits per heavy atom. The van der Waals surface area contributed by atoms with Crippen LogP contribution in [0.5, 0.6) is 6.01 Å². The van der Waals surface area contributed by atoms with Crippen molar-refractivity contribution in [2.75, 3.05) is 13.2 Å². The van der Waals surface area contributed by atoms with Gasteiger partial charge in [0.15, 0.2) is 0 Å². The summed E-state index contributed by atoms with van der Waals surface area (Å²) >= 11 is 6.26.